The minimum Gasteiger partial charge on any atom is -0.446 e. The third-order valence-corrected chi connectivity index (χ3v) is 9.93. The Morgan fingerprint density at radius 3 is 2.19 bits per heavy atom. The number of hydrogen-bond acceptors (Lipinski definition) is 7. The van der Waals surface area contributed by atoms with Crippen molar-refractivity contribution in [2.45, 2.75) is 98.7 Å². The van der Waals surface area contributed by atoms with Crippen LogP contribution >= 0.6 is 0 Å². The maximum absolute atomic E-state index is 12.3. The van der Waals surface area contributed by atoms with E-state index < -0.39 is 26.1 Å². The lowest BCUT2D eigenvalue weighted by Gasteiger charge is -2.35. The van der Waals surface area contributed by atoms with Gasteiger partial charge in [0.1, 0.15) is 29.9 Å². The second-order valence-corrected chi connectivity index (χ2v) is 16.5. The highest BCUT2D eigenvalue weighted by molar-refractivity contribution is 6.74. The number of hydrogen-bond donors (Lipinski definition) is 1. The minimum absolute atomic E-state index is 0.115. The molecule has 8 nitrogen and oxygen atoms in total. The standard InChI is InChI=1S/C23H39N3O5Si/c1-21(2,3)17(26-20(27)31-22(4,5)6)19-25-16(14-29-19)18-24-15(12-28-18)13-30-32(10,11)23(7,8)9/h12,14,17H,13H2,1-11H3,(H,26,27)/t17-/m1/s1. The van der Waals surface area contributed by atoms with Crippen LogP contribution in [0.3, 0.4) is 0 Å². The molecule has 2 heterocycles. The van der Waals surface area contributed by atoms with Gasteiger partial charge in [-0.15, -0.1) is 0 Å². The lowest BCUT2D eigenvalue weighted by atomic mass is 9.86. The highest BCUT2D eigenvalue weighted by atomic mass is 28.4. The number of carbonyl (C=O) groups is 1. The summed E-state index contributed by atoms with van der Waals surface area (Å²) in [6.07, 6.45) is 2.53. The van der Waals surface area contributed by atoms with Crippen molar-refractivity contribution in [1.29, 1.82) is 0 Å². The fourth-order valence-corrected chi connectivity index (χ4v) is 3.50. The van der Waals surface area contributed by atoms with Crippen molar-refractivity contribution in [3.05, 3.63) is 24.1 Å². The van der Waals surface area contributed by atoms with Gasteiger partial charge in [-0.2, -0.15) is 0 Å². The molecular weight excluding hydrogens is 426 g/mol. The Bertz CT molecular complexity index is 913. The van der Waals surface area contributed by atoms with E-state index in [1.54, 1.807) is 6.26 Å². The van der Waals surface area contributed by atoms with Crippen molar-refractivity contribution in [1.82, 2.24) is 15.3 Å². The molecule has 32 heavy (non-hydrogen) atoms. The van der Waals surface area contributed by atoms with E-state index in [0.29, 0.717) is 29.8 Å². The Labute approximate surface area is 192 Å². The van der Waals surface area contributed by atoms with Crippen LogP contribution in [0.25, 0.3) is 11.6 Å². The lowest BCUT2D eigenvalue weighted by molar-refractivity contribution is 0.0446. The summed E-state index contributed by atoms with van der Waals surface area (Å²) in [5.41, 5.74) is 0.194. The third-order valence-electron chi connectivity index (χ3n) is 5.45. The molecule has 0 aliphatic rings. The highest BCUT2D eigenvalue weighted by Crippen LogP contribution is 2.37. The molecule has 0 aromatic carbocycles. The topological polar surface area (TPSA) is 99.6 Å². The van der Waals surface area contributed by atoms with Crippen molar-refractivity contribution in [2.24, 2.45) is 5.41 Å². The SMILES string of the molecule is CC(C)(C)OC(=O)N[C@H](c1nc(-c2nc(CO[Si](C)(C)C(C)(C)C)co2)co1)C(C)(C)C. The average Bonchev–Trinajstić information content (AvgIpc) is 3.23. The van der Waals surface area contributed by atoms with Crippen LogP contribution in [0.1, 0.15) is 79.9 Å². The monoisotopic (exact) mass is 465 g/mol. The summed E-state index contributed by atoms with van der Waals surface area (Å²) in [5.74, 6) is 0.703. The number of nitrogens with zero attached hydrogens (tertiary/aromatic N) is 2. The van der Waals surface area contributed by atoms with E-state index in [4.69, 9.17) is 18.0 Å². The number of nitrogens with one attached hydrogen (secondary N) is 1. The van der Waals surface area contributed by atoms with E-state index in [0.717, 1.165) is 0 Å². The van der Waals surface area contributed by atoms with Gasteiger partial charge in [0.15, 0.2) is 14.0 Å². The number of amides is 1. The Morgan fingerprint density at radius 1 is 1.03 bits per heavy atom. The van der Waals surface area contributed by atoms with Gasteiger partial charge in [0, 0.05) is 0 Å². The van der Waals surface area contributed by atoms with Crippen molar-refractivity contribution < 1.29 is 22.8 Å². The van der Waals surface area contributed by atoms with Gasteiger partial charge in [0.25, 0.3) is 0 Å². The first-order valence-electron chi connectivity index (χ1n) is 10.9. The van der Waals surface area contributed by atoms with Crippen LogP contribution < -0.4 is 5.32 Å². The summed E-state index contributed by atoms with van der Waals surface area (Å²) in [7, 11) is -1.89. The zero-order valence-corrected chi connectivity index (χ0v) is 22.4. The van der Waals surface area contributed by atoms with E-state index in [1.165, 1.54) is 6.26 Å². The molecule has 2 rings (SSSR count). The van der Waals surface area contributed by atoms with Crippen LogP contribution in [0.4, 0.5) is 4.79 Å². The fourth-order valence-electron chi connectivity index (χ4n) is 2.55. The Morgan fingerprint density at radius 2 is 1.66 bits per heavy atom. The molecule has 180 valence electrons. The van der Waals surface area contributed by atoms with Gasteiger partial charge >= 0.3 is 6.09 Å². The number of aromatic nitrogens is 2. The van der Waals surface area contributed by atoms with Crippen molar-refractivity contribution in [3.8, 4) is 11.6 Å². The van der Waals surface area contributed by atoms with Crippen LogP contribution in [-0.2, 0) is 15.8 Å². The molecule has 0 aliphatic carbocycles. The van der Waals surface area contributed by atoms with Gasteiger partial charge in [-0.1, -0.05) is 41.5 Å². The van der Waals surface area contributed by atoms with Gasteiger partial charge in [-0.3, -0.25) is 0 Å². The van der Waals surface area contributed by atoms with Crippen LogP contribution in [0, 0.1) is 5.41 Å². The summed E-state index contributed by atoms with van der Waals surface area (Å²) in [4.78, 5) is 21.4. The lowest BCUT2D eigenvalue weighted by Crippen LogP contribution is -2.40. The van der Waals surface area contributed by atoms with E-state index in [-0.39, 0.29) is 10.5 Å². The number of oxazole rings is 2. The maximum Gasteiger partial charge on any atom is 0.408 e. The van der Waals surface area contributed by atoms with Crippen LogP contribution in [-0.4, -0.2) is 30.0 Å². The predicted octanol–water partition coefficient (Wildman–Crippen LogP) is 6.46. The largest absolute Gasteiger partial charge is 0.446 e. The summed E-state index contributed by atoms with van der Waals surface area (Å²) >= 11 is 0. The summed E-state index contributed by atoms with van der Waals surface area (Å²) in [6.45, 7) is 22.8. The molecule has 0 saturated heterocycles. The quantitative estimate of drug-likeness (QED) is 0.488. The molecule has 0 bridgehead atoms. The van der Waals surface area contributed by atoms with Gasteiger partial charge < -0.3 is 23.3 Å². The molecule has 1 amide bonds. The molecule has 0 spiro atoms. The molecule has 0 fully saturated rings. The third kappa shape index (κ3) is 6.93. The molecule has 0 aliphatic heterocycles. The predicted molar refractivity (Wildman–Crippen MR) is 126 cm³/mol. The first-order valence-corrected chi connectivity index (χ1v) is 13.8. The second kappa shape index (κ2) is 9.01. The van der Waals surface area contributed by atoms with Gasteiger partial charge in [-0.05, 0) is 44.3 Å². The number of rotatable bonds is 6. The van der Waals surface area contributed by atoms with E-state index in [9.17, 15) is 4.79 Å². The smallest absolute Gasteiger partial charge is 0.408 e. The zero-order chi connectivity index (χ0) is 24.5. The normalized spacial score (nSPS) is 14.3. The van der Waals surface area contributed by atoms with Crippen LogP contribution in [0.5, 0.6) is 0 Å². The molecule has 2 aromatic heterocycles. The Hall–Kier alpha value is -2.13. The van der Waals surface area contributed by atoms with E-state index in [1.807, 2.05) is 41.5 Å². The summed E-state index contributed by atoms with van der Waals surface area (Å²) < 4.78 is 22.9. The summed E-state index contributed by atoms with van der Waals surface area (Å²) in [5, 5.41) is 2.98. The molecule has 2 aromatic rings. The molecule has 1 atom stereocenters. The number of alkyl carbamates (subject to hydrolysis) is 1. The molecule has 1 N–H and O–H groups in total. The average molecular weight is 466 g/mol. The fraction of sp³-hybridized carbons (Fsp3) is 0.696. The molecular formula is C23H39N3O5Si. The first kappa shape index (κ1) is 26.1. The van der Waals surface area contributed by atoms with Crippen LogP contribution in [0.15, 0.2) is 21.4 Å². The summed E-state index contributed by atoms with van der Waals surface area (Å²) in [6, 6.07) is -0.498. The maximum atomic E-state index is 12.3. The van der Waals surface area contributed by atoms with Crippen LogP contribution in [0.2, 0.25) is 18.1 Å². The first-order chi connectivity index (χ1) is 14.4. The second-order valence-electron chi connectivity index (χ2n) is 11.7. The van der Waals surface area contributed by atoms with E-state index in [2.05, 4.69) is 49.1 Å². The Balaban J connectivity index is 2.16. The van der Waals surface area contributed by atoms with Crippen molar-refractivity contribution in [2.75, 3.05) is 0 Å². The van der Waals surface area contributed by atoms with Crippen molar-refractivity contribution >= 4 is 14.4 Å². The van der Waals surface area contributed by atoms with Gasteiger partial charge in [0.05, 0.1) is 6.61 Å². The minimum atomic E-state index is -1.89. The molecule has 9 heteroatoms. The highest BCUT2D eigenvalue weighted by Gasteiger charge is 2.37. The van der Waals surface area contributed by atoms with Crippen molar-refractivity contribution in [3.63, 3.8) is 0 Å². The van der Waals surface area contributed by atoms with Gasteiger partial charge in [0.2, 0.25) is 11.8 Å². The number of ether oxygens (including phenoxy) is 1. The van der Waals surface area contributed by atoms with Gasteiger partial charge in [-0.25, -0.2) is 14.8 Å². The van der Waals surface area contributed by atoms with E-state index >= 15 is 0 Å². The molecule has 0 unspecified atom stereocenters. The molecule has 0 saturated carbocycles. The Kier molecular flexibility index (Phi) is 7.36. The number of carbonyl (C=O) groups excluding carboxylic acids is 1. The molecule has 0 radical (unpaired) electrons. The zero-order valence-electron chi connectivity index (χ0n) is 21.4.